The van der Waals surface area contributed by atoms with E-state index in [0.29, 0.717) is 33.8 Å². The Morgan fingerprint density at radius 1 is 1.19 bits per heavy atom. The minimum absolute atomic E-state index is 0.0836. The fourth-order valence-corrected chi connectivity index (χ4v) is 3.06. The Morgan fingerprint density at radius 2 is 1.96 bits per heavy atom. The molecule has 1 amide bonds. The summed E-state index contributed by atoms with van der Waals surface area (Å²) in [4.78, 5) is 34.3. The van der Waals surface area contributed by atoms with Gasteiger partial charge in [0, 0.05) is 11.6 Å². The van der Waals surface area contributed by atoms with Crippen LogP contribution >= 0.6 is 0 Å². The van der Waals surface area contributed by atoms with Crippen molar-refractivity contribution in [3.05, 3.63) is 64.2 Å². The number of hydrogen-bond donors (Lipinski definition) is 1. The van der Waals surface area contributed by atoms with Gasteiger partial charge in [0.1, 0.15) is 5.82 Å². The molecule has 0 unspecified atom stereocenters. The van der Waals surface area contributed by atoms with Gasteiger partial charge in [-0.25, -0.2) is 4.98 Å². The number of carbonyl (C=O) groups is 1. The van der Waals surface area contributed by atoms with Gasteiger partial charge in [-0.2, -0.15) is 0 Å². The van der Waals surface area contributed by atoms with Crippen molar-refractivity contribution in [2.45, 2.75) is 26.4 Å². The number of H-pyrrole nitrogens is 1. The zero-order chi connectivity index (χ0) is 19.0. The lowest BCUT2D eigenvalue weighted by molar-refractivity contribution is 0.0684. The molecule has 1 aliphatic heterocycles. The molecule has 0 atom stereocenters. The van der Waals surface area contributed by atoms with E-state index >= 15 is 0 Å². The third kappa shape index (κ3) is 3.23. The van der Waals surface area contributed by atoms with Crippen molar-refractivity contribution in [2.24, 2.45) is 0 Å². The summed E-state index contributed by atoms with van der Waals surface area (Å²) in [5.41, 5.74) is 0.890. The van der Waals surface area contributed by atoms with Crippen molar-refractivity contribution < 1.29 is 14.3 Å². The van der Waals surface area contributed by atoms with E-state index in [0.717, 1.165) is 0 Å². The number of ether oxygens (including phenoxy) is 2. The van der Waals surface area contributed by atoms with Crippen LogP contribution in [0.5, 0.6) is 11.5 Å². The molecule has 3 aromatic rings. The minimum atomic E-state index is -0.213. The number of carbonyl (C=O) groups excluding carboxylic acids is 1. The highest BCUT2D eigenvalue weighted by atomic mass is 16.7. The van der Waals surface area contributed by atoms with E-state index in [1.807, 2.05) is 19.9 Å². The topological polar surface area (TPSA) is 84.5 Å². The Bertz CT molecular complexity index is 1070. The highest BCUT2D eigenvalue weighted by Crippen LogP contribution is 2.33. The number of para-hydroxylation sites is 1. The van der Waals surface area contributed by atoms with Gasteiger partial charge in [0.15, 0.2) is 11.5 Å². The van der Waals surface area contributed by atoms with E-state index in [1.165, 1.54) is 0 Å². The molecular weight excluding hydrogens is 346 g/mol. The minimum Gasteiger partial charge on any atom is -0.454 e. The van der Waals surface area contributed by atoms with Crippen molar-refractivity contribution in [2.75, 3.05) is 6.79 Å². The van der Waals surface area contributed by atoms with Crippen molar-refractivity contribution >= 4 is 16.8 Å². The van der Waals surface area contributed by atoms with Gasteiger partial charge in [0.25, 0.3) is 11.5 Å². The van der Waals surface area contributed by atoms with Crippen LogP contribution in [-0.4, -0.2) is 33.6 Å². The molecule has 0 saturated carbocycles. The van der Waals surface area contributed by atoms with Gasteiger partial charge >= 0.3 is 0 Å². The Hall–Kier alpha value is -3.35. The lowest BCUT2D eigenvalue weighted by Gasteiger charge is -2.26. The monoisotopic (exact) mass is 365 g/mol. The van der Waals surface area contributed by atoms with Gasteiger partial charge in [-0.15, -0.1) is 0 Å². The molecular formula is C20H19N3O4. The van der Waals surface area contributed by atoms with Crippen molar-refractivity contribution in [3.63, 3.8) is 0 Å². The lowest BCUT2D eigenvalue weighted by Crippen LogP contribution is -2.37. The number of amides is 1. The van der Waals surface area contributed by atoms with E-state index in [4.69, 9.17) is 9.47 Å². The average molecular weight is 365 g/mol. The van der Waals surface area contributed by atoms with Crippen LogP contribution in [0.2, 0.25) is 0 Å². The number of nitrogens with one attached hydrogen (secondary N) is 1. The first kappa shape index (κ1) is 17.1. The number of fused-ring (bicyclic) bond motifs is 2. The van der Waals surface area contributed by atoms with E-state index < -0.39 is 0 Å². The fourth-order valence-electron chi connectivity index (χ4n) is 3.06. The maximum atomic E-state index is 13.0. The molecule has 2 heterocycles. The first-order chi connectivity index (χ1) is 13.0. The van der Waals surface area contributed by atoms with Crippen LogP contribution in [0.15, 0.2) is 47.3 Å². The summed E-state index contributed by atoms with van der Waals surface area (Å²) in [6.07, 6.45) is 0. The smallest absolute Gasteiger partial charge is 0.258 e. The van der Waals surface area contributed by atoms with Crippen LogP contribution in [0.3, 0.4) is 0 Å². The van der Waals surface area contributed by atoms with Crippen LogP contribution in [0.4, 0.5) is 0 Å². The van der Waals surface area contributed by atoms with Gasteiger partial charge < -0.3 is 19.4 Å². The van der Waals surface area contributed by atoms with Crippen molar-refractivity contribution in [1.82, 2.24) is 14.9 Å². The molecule has 7 nitrogen and oxygen atoms in total. The van der Waals surface area contributed by atoms with E-state index in [2.05, 4.69) is 9.97 Å². The molecule has 0 spiro atoms. The van der Waals surface area contributed by atoms with Crippen molar-refractivity contribution in [3.8, 4) is 11.5 Å². The average Bonchev–Trinajstić information content (AvgIpc) is 3.13. The zero-order valence-electron chi connectivity index (χ0n) is 15.1. The van der Waals surface area contributed by atoms with Crippen LogP contribution in [-0.2, 0) is 6.54 Å². The van der Waals surface area contributed by atoms with Crippen LogP contribution in [0.25, 0.3) is 10.9 Å². The fraction of sp³-hybridized carbons (Fsp3) is 0.250. The predicted molar refractivity (Wildman–Crippen MR) is 99.9 cm³/mol. The second-order valence-electron chi connectivity index (χ2n) is 6.62. The highest BCUT2D eigenvalue weighted by molar-refractivity contribution is 5.95. The zero-order valence-corrected chi connectivity index (χ0v) is 15.1. The molecule has 0 bridgehead atoms. The van der Waals surface area contributed by atoms with Crippen molar-refractivity contribution in [1.29, 1.82) is 0 Å². The maximum Gasteiger partial charge on any atom is 0.258 e. The summed E-state index contributed by atoms with van der Waals surface area (Å²) < 4.78 is 10.7. The number of nitrogens with zero attached hydrogens (tertiary/aromatic N) is 2. The summed E-state index contributed by atoms with van der Waals surface area (Å²) in [7, 11) is 0. The summed E-state index contributed by atoms with van der Waals surface area (Å²) in [5.74, 6) is 1.46. The second kappa shape index (κ2) is 6.75. The summed E-state index contributed by atoms with van der Waals surface area (Å²) in [6.45, 7) is 4.20. The van der Waals surface area contributed by atoms with Gasteiger partial charge in [-0.05, 0) is 44.2 Å². The molecule has 1 N–H and O–H groups in total. The Balaban J connectivity index is 1.65. The number of aromatic amines is 1. The highest BCUT2D eigenvalue weighted by Gasteiger charge is 2.23. The summed E-state index contributed by atoms with van der Waals surface area (Å²) in [6, 6.07) is 12.2. The van der Waals surface area contributed by atoms with E-state index in [1.54, 1.807) is 41.3 Å². The first-order valence-corrected chi connectivity index (χ1v) is 8.71. The lowest BCUT2D eigenvalue weighted by atomic mass is 10.1. The second-order valence-corrected chi connectivity index (χ2v) is 6.62. The molecule has 0 aliphatic carbocycles. The Morgan fingerprint density at radius 3 is 2.78 bits per heavy atom. The molecule has 138 valence electrons. The largest absolute Gasteiger partial charge is 0.454 e. The number of benzene rings is 2. The third-order valence-corrected chi connectivity index (χ3v) is 4.49. The summed E-state index contributed by atoms with van der Waals surface area (Å²) in [5, 5.41) is 0.527. The molecule has 0 saturated heterocycles. The Labute approximate surface area is 155 Å². The van der Waals surface area contributed by atoms with Gasteiger partial charge in [0.05, 0.1) is 17.4 Å². The number of aromatic nitrogens is 2. The molecule has 4 rings (SSSR count). The molecule has 2 aromatic carbocycles. The number of hydrogen-bond acceptors (Lipinski definition) is 5. The summed E-state index contributed by atoms with van der Waals surface area (Å²) >= 11 is 0. The van der Waals surface area contributed by atoms with Crippen LogP contribution in [0.1, 0.15) is 30.0 Å². The van der Waals surface area contributed by atoms with Gasteiger partial charge in [0.2, 0.25) is 6.79 Å². The normalized spacial score (nSPS) is 12.6. The van der Waals surface area contributed by atoms with Gasteiger partial charge in [-0.3, -0.25) is 9.59 Å². The van der Waals surface area contributed by atoms with Crippen LogP contribution < -0.4 is 15.0 Å². The van der Waals surface area contributed by atoms with E-state index in [9.17, 15) is 9.59 Å². The maximum absolute atomic E-state index is 13.0. The Kier molecular flexibility index (Phi) is 4.27. The third-order valence-electron chi connectivity index (χ3n) is 4.49. The standard InChI is InChI=1S/C20H19N3O4/c1-12(2)23(20(25)13-7-8-16-17(9-13)27-11-26-16)10-18-21-15-6-4-3-5-14(15)19(24)22-18/h3-9,12H,10-11H2,1-2H3,(H,21,22,24). The van der Waals surface area contributed by atoms with Crippen LogP contribution in [0, 0.1) is 0 Å². The SMILES string of the molecule is CC(C)N(Cc1nc2ccccc2c(=O)[nH]1)C(=O)c1ccc2c(c1)OCO2. The quantitative estimate of drug-likeness (QED) is 0.768. The molecule has 7 heteroatoms. The number of rotatable bonds is 4. The molecule has 0 fully saturated rings. The molecule has 27 heavy (non-hydrogen) atoms. The van der Waals surface area contributed by atoms with Gasteiger partial charge in [-0.1, -0.05) is 12.1 Å². The predicted octanol–water partition coefficient (Wildman–Crippen LogP) is 2.70. The molecule has 1 aliphatic rings. The first-order valence-electron chi connectivity index (χ1n) is 8.71. The molecule has 1 aromatic heterocycles. The molecule has 0 radical (unpaired) electrons. The van der Waals surface area contributed by atoms with E-state index in [-0.39, 0.29) is 30.8 Å².